The van der Waals surface area contributed by atoms with Crippen molar-refractivity contribution >= 4 is 131 Å². The Morgan fingerprint density at radius 2 is 0.843 bits per heavy atom. The third-order valence-corrected chi connectivity index (χ3v) is 20.5. The molecule has 1 heterocycles. The van der Waals surface area contributed by atoms with E-state index in [4.69, 9.17) is 44.8 Å². The second-order valence-corrected chi connectivity index (χ2v) is 30.1. The number of pyridine rings is 1. The summed E-state index contributed by atoms with van der Waals surface area (Å²) in [6.07, 6.45) is 1.27. The molecule has 0 unspecified atom stereocenters. The summed E-state index contributed by atoms with van der Waals surface area (Å²) in [6.45, 7) is 7.18. The monoisotopic (exact) mass is 1710 g/mol. The summed E-state index contributed by atoms with van der Waals surface area (Å²) in [7, 11) is -7.65. The minimum atomic E-state index is -4.18. The summed E-state index contributed by atoms with van der Waals surface area (Å²) in [5.41, 5.74) is 2.54. The second kappa shape index (κ2) is 42.7. The Balaban J connectivity index is 0.000000333. The first-order chi connectivity index (χ1) is 53.3. The van der Waals surface area contributed by atoms with E-state index in [2.05, 4.69) is 29.3 Å². The molecule has 1 amide bonds. The zero-order valence-corrected chi connectivity index (χ0v) is 64.1. The number of ether oxygens (including phenoxy) is 2. The van der Waals surface area contributed by atoms with Crippen molar-refractivity contribution in [1.29, 1.82) is 0 Å². The average molecular weight is 1710 g/mol. The van der Waals surface area contributed by atoms with Crippen LogP contribution in [-0.4, -0.2) is 117 Å². The van der Waals surface area contributed by atoms with Gasteiger partial charge in [-0.2, -0.15) is 0 Å². The molecular weight excluding hydrogens is 1650 g/mol. The summed E-state index contributed by atoms with van der Waals surface area (Å²) >= 11 is 6.43. The number of aliphatic carboxylic acids is 1. The molecule has 598 valence electrons. The fourth-order valence-electron chi connectivity index (χ4n) is 9.60. The number of aromatic nitrogens is 1. The van der Waals surface area contributed by atoms with Crippen LogP contribution >= 0.6 is 22.3 Å². The number of halogens is 10. The van der Waals surface area contributed by atoms with Crippen LogP contribution in [-0.2, 0) is 59.8 Å². The van der Waals surface area contributed by atoms with E-state index in [-0.39, 0.29) is 61.7 Å². The van der Waals surface area contributed by atoms with Gasteiger partial charge < -0.3 is 41.3 Å². The number of aromatic carboxylic acids is 1. The normalized spacial score (nSPS) is 10.9. The fraction of sp³-hybridized carbons (Fsp3) is 0.0676. The Bertz CT molecular complexity index is 5800. The van der Waals surface area contributed by atoms with Crippen LogP contribution in [0.5, 0.6) is 0 Å². The van der Waals surface area contributed by atoms with E-state index < -0.39 is 155 Å². The van der Waals surface area contributed by atoms with Crippen molar-refractivity contribution in [3.05, 3.63) is 309 Å². The van der Waals surface area contributed by atoms with Crippen molar-refractivity contribution in [2.24, 2.45) is 0 Å². The number of methoxy groups -OCH3 is 2. The van der Waals surface area contributed by atoms with Gasteiger partial charge in [-0.25, -0.2) is 92.8 Å². The first kappa shape index (κ1) is 95.4. The maximum Gasteiger partial charge on any atom is 1.00 e. The molecule has 11 aromatic rings. The van der Waals surface area contributed by atoms with Gasteiger partial charge in [-0.15, -0.1) is 0 Å². The number of benzene rings is 10. The first-order valence-electron chi connectivity index (χ1n) is 31.2. The largest absolute Gasteiger partial charge is 1.00 e. The number of nitrogens with two attached hydrogens (primary N) is 1. The van der Waals surface area contributed by atoms with Crippen LogP contribution in [0.3, 0.4) is 0 Å². The van der Waals surface area contributed by atoms with E-state index in [1.807, 2.05) is 9.44 Å². The molecule has 0 bridgehead atoms. The van der Waals surface area contributed by atoms with Crippen LogP contribution in [0.25, 0.3) is 26.9 Å². The molecule has 0 fully saturated rings. The number of aliphatic hydroxyl groups excluding tert-OH is 1. The number of sulfonamides is 3. The third kappa shape index (κ3) is 26.0. The molecule has 0 aliphatic rings. The Labute approximate surface area is 672 Å². The number of rotatable bonds is 19. The van der Waals surface area contributed by atoms with Crippen LogP contribution in [0.15, 0.2) is 238 Å². The van der Waals surface area contributed by atoms with Gasteiger partial charge in [0.15, 0.2) is 5.69 Å². The molecule has 41 heteroatoms. The molecule has 0 aliphatic heterocycles. The quantitative estimate of drug-likeness (QED) is 0.00931. The third-order valence-electron chi connectivity index (χ3n) is 14.6. The number of hydrogen-bond acceptors (Lipinski definition) is 19. The van der Waals surface area contributed by atoms with Gasteiger partial charge in [-0.05, 0) is 120 Å². The number of fused-ring (bicyclic) bond motifs is 1. The van der Waals surface area contributed by atoms with Gasteiger partial charge >= 0.3 is 42.7 Å². The summed E-state index contributed by atoms with van der Waals surface area (Å²) < 4.78 is 219. The van der Waals surface area contributed by atoms with Crippen LogP contribution in [0, 0.1) is 53.1 Å². The Morgan fingerprint density at radius 1 is 0.496 bits per heavy atom. The molecule has 1 atom stereocenters. The molecule has 10 N–H and O–H groups in total. The number of hydrogen-bond donors (Lipinski definition) is 8. The minimum absolute atomic E-state index is 0. The SMILES string of the molecule is CO.COC(=O)c1c(F)cc(N)cc1F.COC(=O)c1c(F)cc(NS(=O)(=O)c2ccccc2)cc1F.O=C(O)c1c(F)cc(NS(=O)(=O)c2ccccc2)cc1F.O=S(=O)(Cl)c1ccccc1.[C-]#[N+]c1ccc(-c2ccc(C[C@H](NC(=O)c3c(F)cc(NS(=O)(=O)c4ccccc4)cc3F)C(=O)O)c3cccnc23)c(Cl)c1.[Li+].[OH-]. The average Bonchev–Trinajstić information content (AvgIpc) is 0.791. The number of carbonyl (C=O) groups excluding carboxylic acids is 3. The maximum atomic E-state index is 15.0. The van der Waals surface area contributed by atoms with Crippen LogP contribution in [0.4, 0.5) is 63.6 Å². The number of nitrogens with one attached hydrogen (secondary N) is 4. The smallest absolute Gasteiger partial charge is 0.870 e. The predicted octanol–water partition coefficient (Wildman–Crippen LogP) is 11.0. The number of amides is 1. The van der Waals surface area contributed by atoms with Crippen LogP contribution < -0.4 is 44.1 Å². The van der Waals surface area contributed by atoms with Gasteiger partial charge in [0.2, 0.25) is 0 Å². The number of carbonyl (C=O) groups is 5. The molecule has 0 spiro atoms. The zero-order valence-electron chi connectivity index (χ0n) is 59.4. The van der Waals surface area contributed by atoms with Crippen LogP contribution in [0.2, 0.25) is 5.02 Å². The molecule has 0 saturated heterocycles. The van der Waals surface area contributed by atoms with Crippen molar-refractivity contribution < 1.29 is 142 Å². The molecular formula is C74H58Cl2F8LiN7O19S4. The van der Waals surface area contributed by atoms with E-state index >= 15 is 0 Å². The van der Waals surface area contributed by atoms with Crippen molar-refractivity contribution in [2.45, 2.75) is 32.0 Å². The summed E-state index contributed by atoms with van der Waals surface area (Å²) in [5, 5.41) is 28.6. The van der Waals surface area contributed by atoms with Gasteiger partial charge in [0.1, 0.15) is 74.8 Å². The second-order valence-electron chi connectivity index (χ2n) is 22.1. The number of aliphatic hydroxyl groups is 1. The zero-order chi connectivity index (χ0) is 83.9. The van der Waals surface area contributed by atoms with Gasteiger partial charge in [0.05, 0.1) is 63.0 Å². The Morgan fingerprint density at radius 3 is 1.17 bits per heavy atom. The molecule has 1 aromatic heterocycles. The fourth-order valence-corrected chi connectivity index (χ4v) is 13.8. The van der Waals surface area contributed by atoms with Gasteiger partial charge in [-0.3, -0.25) is 23.9 Å². The molecule has 11 rings (SSSR count). The molecule has 26 nitrogen and oxygen atoms in total. The topological polar surface area (TPSA) is 422 Å². The summed E-state index contributed by atoms with van der Waals surface area (Å²) in [4.78, 5) is 65.5. The number of carboxylic acid groups (broad SMARTS) is 2. The number of carboxylic acids is 2. The standard InChI is InChI=1S/C32H21ClF2N4O5S.C14H11F2NO4S.C13H9F2NO4S.C8H7F2NO2.C6H5ClO2S.CH4O.Li.H2O/c1-36-19-10-12-23(25(33)15-19)24-11-9-18(22-8-5-13-37-30(22)24)14-28(32(41)42)38-31(40)29-26(34)16-20(17-27(29)35)39-45(43,44)21-6-3-2-4-7-21;1-21-14(18)13-11(15)7-9(8-12(13)16)17-22(19,20)10-5-3-2-4-6-10;14-10-6-8(7-11(15)12(10)13(17)18)16-21(19,20)9-4-2-1-3-5-9;1-13-8(12)7-5(9)2-4(11)3-6(7)10;7-10(8,9)6-4-2-1-3-5-6;1-2;;/h2-13,15-17,28,39H,14H2,(H,38,40)(H,41,42);2-8,17H,1H3;1-7,16H,(H,17,18);2-3H,11H2,1H3;1-5H;2H,1H3;;1H2/q;;;;;;+1;/p-1/t28-;;;;;;;/m0......./s1. The van der Waals surface area contributed by atoms with Gasteiger partial charge in [0.25, 0.3) is 45.0 Å². The molecule has 115 heavy (non-hydrogen) atoms. The van der Waals surface area contributed by atoms with Gasteiger partial charge in [0, 0.05) is 52.1 Å². The maximum absolute atomic E-state index is 15.0. The molecule has 0 radical (unpaired) electrons. The van der Waals surface area contributed by atoms with Crippen molar-refractivity contribution in [3.8, 4) is 11.1 Å². The van der Waals surface area contributed by atoms with Crippen molar-refractivity contribution in [3.63, 3.8) is 0 Å². The summed E-state index contributed by atoms with van der Waals surface area (Å²) in [5.74, 6) is -16.9. The van der Waals surface area contributed by atoms with E-state index in [0.717, 1.165) is 33.5 Å². The first-order valence-corrected chi connectivity index (χ1v) is 38.3. The van der Waals surface area contributed by atoms with Crippen molar-refractivity contribution in [2.75, 3.05) is 41.2 Å². The van der Waals surface area contributed by atoms with E-state index in [9.17, 15) is 97.9 Å². The Hall–Kier alpha value is -12.0. The van der Waals surface area contributed by atoms with E-state index in [1.165, 1.54) is 91.0 Å². The number of nitrogens with zero attached hydrogens (tertiary/aromatic N) is 2. The minimum Gasteiger partial charge on any atom is -0.870 e. The molecule has 0 aliphatic carbocycles. The predicted molar refractivity (Wildman–Crippen MR) is 402 cm³/mol. The summed E-state index contributed by atoms with van der Waals surface area (Å²) in [6, 6.07) is 44.9. The van der Waals surface area contributed by atoms with E-state index in [1.54, 1.807) is 79.0 Å². The van der Waals surface area contributed by atoms with Crippen molar-refractivity contribution in [1.82, 2.24) is 10.3 Å². The number of anilines is 4. The van der Waals surface area contributed by atoms with E-state index in [0.29, 0.717) is 74.7 Å². The molecule has 10 aromatic carbocycles. The van der Waals surface area contributed by atoms with Gasteiger partial charge in [-0.1, -0.05) is 115 Å². The number of esters is 2. The molecule has 0 saturated carbocycles. The van der Waals surface area contributed by atoms with Crippen LogP contribution in [0.1, 0.15) is 47.0 Å². The number of nitrogen functional groups attached to an aromatic ring is 1. The Kier molecular flexibility index (Phi) is 35.4.